The van der Waals surface area contributed by atoms with Crippen LogP contribution in [0, 0.1) is 0 Å². The van der Waals surface area contributed by atoms with Crippen molar-refractivity contribution < 1.29 is 8.42 Å². The summed E-state index contributed by atoms with van der Waals surface area (Å²) in [6.45, 7) is 7.09. The number of rotatable bonds is 7. The van der Waals surface area contributed by atoms with Gasteiger partial charge in [-0.05, 0) is 11.4 Å². The van der Waals surface area contributed by atoms with Gasteiger partial charge in [0.25, 0.3) is 0 Å². The number of sulfone groups is 1. The highest BCUT2D eigenvalue weighted by Gasteiger charge is 2.21. The molecule has 0 saturated heterocycles. The molecule has 0 bridgehead atoms. The Labute approximate surface area is 131 Å². The lowest BCUT2D eigenvalue weighted by atomic mass is 9.91. The summed E-state index contributed by atoms with van der Waals surface area (Å²) in [4.78, 5) is 5.43. The fraction of sp³-hybridized carbons (Fsp3) is 0.643. The number of nitrogens with one attached hydrogen (secondary N) is 2. The lowest BCUT2D eigenvalue weighted by Gasteiger charge is -2.25. The van der Waals surface area contributed by atoms with Gasteiger partial charge >= 0.3 is 0 Å². The summed E-state index contributed by atoms with van der Waals surface area (Å²) in [5, 5.41) is 8.36. The third-order valence-corrected chi connectivity index (χ3v) is 6.20. The summed E-state index contributed by atoms with van der Waals surface area (Å²) >= 11 is 1.73. The number of hydrogen-bond acceptors (Lipinski definition) is 4. The predicted molar refractivity (Wildman–Crippen MR) is 91.0 cm³/mol. The lowest BCUT2D eigenvalue weighted by Crippen LogP contribution is -2.44. The van der Waals surface area contributed by atoms with E-state index in [1.807, 2.05) is 6.07 Å². The van der Waals surface area contributed by atoms with Crippen LogP contribution in [0.4, 0.5) is 0 Å². The van der Waals surface area contributed by atoms with E-state index in [0.29, 0.717) is 12.5 Å². The standard InChI is InChI=1S/C14H25N3O2S2/c1-5-21(18,19)10-8-16-13(15-4)17-11-14(2,3)12-7-6-9-20-12/h6-7,9H,5,8,10-11H2,1-4H3,(H2,15,16,17). The summed E-state index contributed by atoms with van der Waals surface area (Å²) < 4.78 is 22.9. The third kappa shape index (κ3) is 6.05. The fourth-order valence-electron chi connectivity index (χ4n) is 1.75. The van der Waals surface area contributed by atoms with E-state index in [2.05, 4.69) is 40.9 Å². The molecule has 0 amide bonds. The molecule has 0 spiro atoms. The molecule has 0 radical (unpaired) electrons. The average Bonchev–Trinajstić information content (AvgIpc) is 2.97. The van der Waals surface area contributed by atoms with Gasteiger partial charge in [-0.2, -0.15) is 0 Å². The third-order valence-electron chi connectivity index (χ3n) is 3.25. The first-order valence-electron chi connectivity index (χ1n) is 6.99. The summed E-state index contributed by atoms with van der Waals surface area (Å²) in [5.74, 6) is 0.927. The number of aliphatic imine (C=N–C) groups is 1. The Balaban J connectivity index is 2.45. The fourth-order valence-corrected chi connectivity index (χ4v) is 3.30. The maximum Gasteiger partial charge on any atom is 0.191 e. The molecule has 1 rings (SSSR count). The van der Waals surface area contributed by atoms with Crippen LogP contribution in [0.15, 0.2) is 22.5 Å². The Morgan fingerprint density at radius 2 is 2.10 bits per heavy atom. The van der Waals surface area contributed by atoms with Crippen molar-refractivity contribution in [3.05, 3.63) is 22.4 Å². The molecule has 0 unspecified atom stereocenters. The van der Waals surface area contributed by atoms with Crippen LogP contribution < -0.4 is 10.6 Å². The second kappa shape index (κ2) is 7.79. The van der Waals surface area contributed by atoms with Gasteiger partial charge in [-0.1, -0.05) is 26.8 Å². The zero-order valence-corrected chi connectivity index (χ0v) is 14.8. The van der Waals surface area contributed by atoms with E-state index in [4.69, 9.17) is 0 Å². The summed E-state index contributed by atoms with van der Waals surface area (Å²) in [6, 6.07) is 4.17. The number of guanidine groups is 1. The summed E-state index contributed by atoms with van der Waals surface area (Å²) in [6.07, 6.45) is 0. The first kappa shape index (κ1) is 18.0. The normalized spacial score (nSPS) is 13.2. The van der Waals surface area contributed by atoms with Crippen LogP contribution in [0.1, 0.15) is 25.6 Å². The molecule has 5 nitrogen and oxygen atoms in total. The lowest BCUT2D eigenvalue weighted by molar-refractivity contribution is 0.519. The van der Waals surface area contributed by atoms with Crippen molar-refractivity contribution in [1.29, 1.82) is 0 Å². The van der Waals surface area contributed by atoms with E-state index in [-0.39, 0.29) is 16.9 Å². The van der Waals surface area contributed by atoms with E-state index in [1.165, 1.54) is 4.88 Å². The zero-order valence-electron chi connectivity index (χ0n) is 13.1. The zero-order chi connectivity index (χ0) is 15.9. The molecule has 1 aromatic rings. The van der Waals surface area contributed by atoms with Gasteiger partial charge in [0.15, 0.2) is 15.8 Å². The Bertz CT molecular complexity index is 549. The average molecular weight is 332 g/mol. The van der Waals surface area contributed by atoms with Crippen LogP contribution in [-0.2, 0) is 15.3 Å². The predicted octanol–water partition coefficient (Wildman–Crippen LogP) is 1.63. The topological polar surface area (TPSA) is 70.6 Å². The second-order valence-corrected chi connectivity index (χ2v) is 8.87. The Kier molecular flexibility index (Phi) is 6.67. The number of nitrogens with zero attached hydrogens (tertiary/aromatic N) is 1. The van der Waals surface area contributed by atoms with Gasteiger partial charge in [-0.15, -0.1) is 11.3 Å². The molecule has 120 valence electrons. The molecule has 0 fully saturated rings. The minimum absolute atomic E-state index is 0.00127. The maximum absolute atomic E-state index is 11.4. The summed E-state index contributed by atoms with van der Waals surface area (Å²) in [7, 11) is -1.26. The molecule has 0 aliphatic rings. The minimum atomic E-state index is -2.95. The van der Waals surface area contributed by atoms with Gasteiger partial charge in [0.2, 0.25) is 0 Å². The van der Waals surface area contributed by atoms with Crippen molar-refractivity contribution >= 4 is 27.1 Å². The van der Waals surface area contributed by atoms with Gasteiger partial charge in [0.05, 0.1) is 5.75 Å². The highest BCUT2D eigenvalue weighted by atomic mass is 32.2. The van der Waals surface area contributed by atoms with E-state index in [0.717, 1.165) is 6.54 Å². The van der Waals surface area contributed by atoms with E-state index in [1.54, 1.807) is 25.3 Å². The molecular formula is C14H25N3O2S2. The second-order valence-electron chi connectivity index (χ2n) is 5.45. The van der Waals surface area contributed by atoms with Crippen LogP contribution in [0.5, 0.6) is 0 Å². The minimum Gasteiger partial charge on any atom is -0.356 e. The van der Waals surface area contributed by atoms with Crippen LogP contribution in [0.3, 0.4) is 0 Å². The molecule has 0 atom stereocenters. The Hall–Kier alpha value is -1.08. The van der Waals surface area contributed by atoms with Crippen LogP contribution in [-0.4, -0.2) is 46.0 Å². The van der Waals surface area contributed by atoms with Gasteiger partial charge < -0.3 is 10.6 Å². The molecule has 21 heavy (non-hydrogen) atoms. The summed E-state index contributed by atoms with van der Waals surface area (Å²) in [5.41, 5.74) is 0.00127. The van der Waals surface area contributed by atoms with Gasteiger partial charge in [-0.3, -0.25) is 4.99 Å². The molecule has 0 aromatic carbocycles. The van der Waals surface area contributed by atoms with Gasteiger partial charge in [0.1, 0.15) is 0 Å². The van der Waals surface area contributed by atoms with Crippen molar-refractivity contribution in [1.82, 2.24) is 10.6 Å². The van der Waals surface area contributed by atoms with E-state index in [9.17, 15) is 8.42 Å². The molecule has 0 saturated carbocycles. The molecule has 0 aliphatic carbocycles. The molecular weight excluding hydrogens is 306 g/mol. The number of thiophene rings is 1. The van der Waals surface area contributed by atoms with Crippen LogP contribution >= 0.6 is 11.3 Å². The van der Waals surface area contributed by atoms with Crippen molar-refractivity contribution in [2.75, 3.05) is 31.6 Å². The Morgan fingerprint density at radius 3 is 2.62 bits per heavy atom. The maximum atomic E-state index is 11.4. The highest BCUT2D eigenvalue weighted by Crippen LogP contribution is 2.26. The van der Waals surface area contributed by atoms with Crippen molar-refractivity contribution in [2.24, 2.45) is 4.99 Å². The van der Waals surface area contributed by atoms with E-state index >= 15 is 0 Å². The monoisotopic (exact) mass is 331 g/mol. The van der Waals surface area contributed by atoms with Crippen molar-refractivity contribution in [3.8, 4) is 0 Å². The largest absolute Gasteiger partial charge is 0.356 e. The van der Waals surface area contributed by atoms with E-state index < -0.39 is 9.84 Å². The molecule has 2 N–H and O–H groups in total. The van der Waals surface area contributed by atoms with Gasteiger partial charge in [-0.25, -0.2) is 8.42 Å². The van der Waals surface area contributed by atoms with Crippen LogP contribution in [0.25, 0.3) is 0 Å². The number of hydrogen-bond donors (Lipinski definition) is 2. The first-order valence-corrected chi connectivity index (χ1v) is 9.70. The van der Waals surface area contributed by atoms with Crippen molar-refractivity contribution in [2.45, 2.75) is 26.2 Å². The SMILES string of the molecule is CCS(=O)(=O)CCNC(=NC)NCC(C)(C)c1cccs1. The Morgan fingerprint density at radius 1 is 1.38 bits per heavy atom. The molecule has 7 heteroatoms. The first-order chi connectivity index (χ1) is 9.80. The highest BCUT2D eigenvalue weighted by molar-refractivity contribution is 7.91. The molecule has 0 aliphatic heterocycles. The van der Waals surface area contributed by atoms with Gasteiger partial charge in [0, 0.05) is 36.2 Å². The van der Waals surface area contributed by atoms with Crippen LogP contribution in [0.2, 0.25) is 0 Å². The van der Waals surface area contributed by atoms with Crippen molar-refractivity contribution in [3.63, 3.8) is 0 Å². The quantitative estimate of drug-likeness (QED) is 0.588. The molecule has 1 heterocycles. The smallest absolute Gasteiger partial charge is 0.191 e. The molecule has 1 aromatic heterocycles.